The Labute approximate surface area is 168 Å². The third-order valence-corrected chi connectivity index (χ3v) is 10.1. The molecule has 0 N–H and O–H groups in total. The molecule has 0 spiro atoms. The van der Waals surface area contributed by atoms with Gasteiger partial charge >= 0.3 is 0 Å². The van der Waals surface area contributed by atoms with Gasteiger partial charge in [-0.05, 0) is 31.7 Å². The van der Waals surface area contributed by atoms with Crippen LogP contribution in [-0.4, -0.2) is 58.5 Å². The molecule has 0 aliphatic carbocycles. The van der Waals surface area contributed by atoms with Crippen LogP contribution in [0.5, 0.6) is 0 Å². The minimum absolute atomic E-state index is 0.0163. The van der Waals surface area contributed by atoms with E-state index in [0.717, 1.165) is 25.7 Å². The maximum Gasteiger partial charge on any atom is 0.270 e. The summed E-state index contributed by atoms with van der Waals surface area (Å²) in [7, 11) is -4.81. The summed E-state index contributed by atoms with van der Waals surface area (Å²) >= 11 is 0. The van der Waals surface area contributed by atoms with Gasteiger partial charge in [0.2, 0.25) is 10.0 Å². The Morgan fingerprint density at radius 2 is 1.82 bits per heavy atom. The van der Waals surface area contributed by atoms with Crippen molar-refractivity contribution in [1.82, 2.24) is 4.31 Å². The summed E-state index contributed by atoms with van der Waals surface area (Å²) in [5, 5.41) is 11.3. The molecule has 3 rings (SSSR count). The first-order chi connectivity index (χ1) is 13.2. The van der Waals surface area contributed by atoms with Crippen LogP contribution < -0.4 is 4.90 Å². The molecule has 1 aromatic carbocycles. The molecule has 0 saturated carbocycles. The molecular weight excluding hydrogens is 402 g/mol. The highest BCUT2D eigenvalue weighted by molar-refractivity contribution is 7.89. The van der Waals surface area contributed by atoms with Crippen LogP contribution in [0.2, 0.25) is 0 Å². The zero-order valence-corrected chi connectivity index (χ0v) is 17.9. The van der Waals surface area contributed by atoms with Crippen LogP contribution in [0.15, 0.2) is 23.1 Å². The van der Waals surface area contributed by atoms with E-state index in [1.165, 1.54) is 22.5 Å². The van der Waals surface area contributed by atoms with Gasteiger partial charge in [-0.15, -0.1) is 0 Å². The Balaban J connectivity index is 2.08. The van der Waals surface area contributed by atoms with Gasteiger partial charge in [-0.3, -0.25) is 14.3 Å². The molecule has 2 aliphatic rings. The molecule has 0 amide bonds. The number of benzene rings is 1. The molecule has 2 heterocycles. The van der Waals surface area contributed by atoms with Crippen LogP contribution >= 0.6 is 0 Å². The van der Waals surface area contributed by atoms with E-state index in [2.05, 4.69) is 0 Å². The zero-order chi connectivity index (χ0) is 20.5. The maximum absolute atomic E-state index is 13.3. The number of hydrogen-bond acceptors (Lipinski definition) is 6. The normalized spacial score (nSPS) is 23.1. The Morgan fingerprint density at radius 1 is 1.18 bits per heavy atom. The van der Waals surface area contributed by atoms with Crippen molar-refractivity contribution < 1.29 is 17.6 Å². The smallest absolute Gasteiger partial charge is 0.270 e. The van der Waals surface area contributed by atoms with Gasteiger partial charge in [0, 0.05) is 54.9 Å². The van der Waals surface area contributed by atoms with E-state index in [0.29, 0.717) is 37.6 Å². The second kappa shape index (κ2) is 8.08. The number of nitro groups is 1. The molecule has 2 fully saturated rings. The van der Waals surface area contributed by atoms with Gasteiger partial charge in [0.25, 0.3) is 5.69 Å². The lowest BCUT2D eigenvalue weighted by Crippen LogP contribution is -2.53. The van der Waals surface area contributed by atoms with E-state index in [4.69, 9.17) is 0 Å². The summed E-state index contributed by atoms with van der Waals surface area (Å²) in [5.74, 6) is 0.460. The number of nitrogens with zero attached hydrogens (tertiary/aromatic N) is 3. The van der Waals surface area contributed by atoms with Crippen molar-refractivity contribution in [2.75, 3.05) is 36.8 Å². The highest BCUT2D eigenvalue weighted by Gasteiger charge is 2.41. The number of sulfonamides is 1. The van der Waals surface area contributed by atoms with Crippen molar-refractivity contribution in [1.29, 1.82) is 0 Å². The van der Waals surface area contributed by atoms with Crippen LogP contribution in [0.1, 0.15) is 39.5 Å². The summed E-state index contributed by atoms with van der Waals surface area (Å²) in [6.07, 6.45) is 3.05. The minimum atomic E-state index is -3.83. The van der Waals surface area contributed by atoms with Crippen LogP contribution in [0.3, 0.4) is 0 Å². The average Bonchev–Trinajstić information content (AvgIpc) is 3.24. The first kappa shape index (κ1) is 21.2. The molecule has 1 unspecified atom stereocenters. The van der Waals surface area contributed by atoms with E-state index in [1.807, 2.05) is 18.7 Å². The van der Waals surface area contributed by atoms with Crippen molar-refractivity contribution in [2.24, 2.45) is 0 Å². The van der Waals surface area contributed by atoms with Crippen molar-refractivity contribution in [2.45, 2.75) is 49.2 Å². The Hall–Kier alpha value is -1.52. The van der Waals surface area contributed by atoms with Crippen LogP contribution in [0.25, 0.3) is 0 Å². The fourth-order valence-corrected chi connectivity index (χ4v) is 7.57. The Morgan fingerprint density at radius 3 is 2.39 bits per heavy atom. The number of hydrogen-bond donors (Lipinski definition) is 0. The molecular formula is C18H27N3O5S2. The molecule has 0 radical (unpaired) electrons. The molecule has 0 aromatic heterocycles. The van der Waals surface area contributed by atoms with Crippen molar-refractivity contribution in [3.05, 3.63) is 28.3 Å². The molecule has 1 atom stereocenters. The topological polar surface area (TPSA) is 101 Å². The predicted octanol–water partition coefficient (Wildman–Crippen LogP) is 2.51. The van der Waals surface area contributed by atoms with E-state index >= 15 is 0 Å². The highest BCUT2D eigenvalue weighted by atomic mass is 32.2. The van der Waals surface area contributed by atoms with Crippen molar-refractivity contribution >= 4 is 32.2 Å². The molecule has 10 heteroatoms. The molecule has 2 saturated heterocycles. The molecule has 2 aliphatic heterocycles. The summed E-state index contributed by atoms with van der Waals surface area (Å²) < 4.78 is 40.2. The van der Waals surface area contributed by atoms with E-state index < -0.39 is 30.5 Å². The summed E-state index contributed by atoms with van der Waals surface area (Å²) in [5.41, 5.74) is 0.236. The minimum Gasteiger partial charge on any atom is -0.368 e. The average molecular weight is 430 g/mol. The van der Waals surface area contributed by atoms with E-state index in [9.17, 15) is 22.7 Å². The van der Waals surface area contributed by atoms with Gasteiger partial charge in [-0.25, -0.2) is 8.42 Å². The number of nitro benzene ring substituents is 1. The van der Waals surface area contributed by atoms with E-state index in [1.54, 1.807) is 0 Å². The number of rotatable bonds is 6. The van der Waals surface area contributed by atoms with Gasteiger partial charge in [0.1, 0.15) is 4.90 Å². The second-order valence-corrected chi connectivity index (χ2v) is 11.3. The number of non-ortho nitro benzene ring substituents is 1. The fourth-order valence-electron chi connectivity index (χ4n) is 4.06. The van der Waals surface area contributed by atoms with Crippen LogP contribution in [-0.2, 0) is 20.8 Å². The van der Waals surface area contributed by atoms with Crippen LogP contribution in [0.4, 0.5) is 11.4 Å². The SMILES string of the molecule is CCC1(CC)CN(c2ccc([N+](=O)[O-])cc2S(=O)(=O)N2CCCC2)CCS1=O. The van der Waals surface area contributed by atoms with Crippen molar-refractivity contribution in [3.63, 3.8) is 0 Å². The van der Waals surface area contributed by atoms with Gasteiger partial charge < -0.3 is 4.90 Å². The predicted molar refractivity (Wildman–Crippen MR) is 110 cm³/mol. The van der Waals surface area contributed by atoms with E-state index in [-0.39, 0.29) is 10.6 Å². The lowest BCUT2D eigenvalue weighted by Gasteiger charge is -2.42. The second-order valence-electron chi connectivity index (χ2n) is 7.38. The molecule has 28 heavy (non-hydrogen) atoms. The summed E-state index contributed by atoms with van der Waals surface area (Å²) in [4.78, 5) is 12.6. The third kappa shape index (κ3) is 3.69. The summed E-state index contributed by atoms with van der Waals surface area (Å²) in [6.45, 7) is 5.82. The lowest BCUT2D eigenvalue weighted by molar-refractivity contribution is -0.385. The first-order valence-electron chi connectivity index (χ1n) is 9.67. The maximum atomic E-state index is 13.3. The number of anilines is 1. The highest BCUT2D eigenvalue weighted by Crippen LogP contribution is 2.37. The van der Waals surface area contributed by atoms with Gasteiger partial charge in [0.15, 0.2) is 0 Å². The zero-order valence-electron chi connectivity index (χ0n) is 16.3. The Bertz CT molecular complexity index is 877. The quantitative estimate of drug-likeness (QED) is 0.509. The monoisotopic (exact) mass is 429 g/mol. The molecule has 1 aromatic rings. The molecule has 156 valence electrons. The molecule has 0 bridgehead atoms. The standard InChI is InChI=1S/C18H27N3O5S2/c1-3-18(4-2)14-19(11-12-27(18)24)16-8-7-15(21(22)23)13-17(16)28(25,26)20-9-5-6-10-20/h7-8,13H,3-6,9-12,14H2,1-2H3. The molecule has 8 nitrogen and oxygen atoms in total. The third-order valence-electron chi connectivity index (χ3n) is 5.98. The first-order valence-corrected chi connectivity index (χ1v) is 12.4. The van der Waals surface area contributed by atoms with Gasteiger partial charge in [-0.2, -0.15) is 4.31 Å². The largest absolute Gasteiger partial charge is 0.368 e. The van der Waals surface area contributed by atoms with Crippen molar-refractivity contribution in [3.8, 4) is 0 Å². The lowest BCUT2D eigenvalue weighted by atomic mass is 10.0. The van der Waals surface area contributed by atoms with Gasteiger partial charge in [-0.1, -0.05) is 13.8 Å². The summed E-state index contributed by atoms with van der Waals surface area (Å²) in [6, 6.07) is 4.06. The van der Waals surface area contributed by atoms with Gasteiger partial charge in [0.05, 0.1) is 15.4 Å². The van der Waals surface area contributed by atoms with Crippen LogP contribution in [0, 0.1) is 10.1 Å². The Kier molecular flexibility index (Phi) is 6.11. The fraction of sp³-hybridized carbons (Fsp3) is 0.667.